The zero-order valence-corrected chi connectivity index (χ0v) is 9.10. The summed E-state index contributed by atoms with van der Waals surface area (Å²) in [5.74, 6) is -0.518. The van der Waals surface area contributed by atoms with Crippen LogP contribution in [0, 0.1) is 17.4 Å². The quantitative estimate of drug-likeness (QED) is 0.753. The maximum atomic E-state index is 13.6. The fourth-order valence-corrected chi connectivity index (χ4v) is 1.57. The zero-order valence-electron chi connectivity index (χ0n) is 8.28. The molecule has 0 aliphatic rings. The van der Waals surface area contributed by atoms with Gasteiger partial charge in [0.05, 0.1) is 17.7 Å². The van der Waals surface area contributed by atoms with Gasteiger partial charge >= 0.3 is 0 Å². The first-order valence-corrected chi connectivity index (χ1v) is 4.74. The first-order valence-electron chi connectivity index (χ1n) is 4.34. The number of H-pyrrole nitrogens is 1. The Bertz CT molecular complexity index is 557. The molecule has 0 saturated heterocycles. The van der Waals surface area contributed by atoms with Gasteiger partial charge in [0.1, 0.15) is 5.69 Å². The maximum absolute atomic E-state index is 13.6. The summed E-state index contributed by atoms with van der Waals surface area (Å²) in [6, 6.07) is 1.78. The maximum Gasteiger partial charge on any atom is 0.185 e. The van der Waals surface area contributed by atoms with Gasteiger partial charge in [0.15, 0.2) is 10.5 Å². The van der Waals surface area contributed by atoms with E-state index in [0.717, 1.165) is 5.69 Å². The molecule has 0 spiro atoms. The van der Waals surface area contributed by atoms with Crippen LogP contribution in [0.15, 0.2) is 12.4 Å². The van der Waals surface area contributed by atoms with E-state index in [4.69, 9.17) is 12.2 Å². The van der Waals surface area contributed by atoms with Crippen molar-refractivity contribution in [3.63, 3.8) is 0 Å². The van der Waals surface area contributed by atoms with Gasteiger partial charge in [0.25, 0.3) is 0 Å². The topological polar surface area (TPSA) is 46.5 Å². The fourth-order valence-electron chi connectivity index (χ4n) is 1.41. The highest BCUT2D eigenvalue weighted by Gasteiger charge is 2.11. The molecule has 0 unspecified atom stereocenters. The van der Waals surface area contributed by atoms with Crippen LogP contribution in [-0.2, 0) is 7.05 Å². The Kier molecular flexibility index (Phi) is 2.36. The average Bonchev–Trinajstić information content (AvgIpc) is 2.50. The Morgan fingerprint density at radius 3 is 2.87 bits per heavy atom. The van der Waals surface area contributed by atoms with Crippen LogP contribution >= 0.6 is 12.2 Å². The molecule has 2 heterocycles. The molecule has 15 heavy (non-hydrogen) atoms. The second-order valence-corrected chi connectivity index (χ2v) is 3.58. The summed E-state index contributed by atoms with van der Waals surface area (Å²) in [6.45, 7) is 1.84. The van der Waals surface area contributed by atoms with Gasteiger partial charge < -0.3 is 4.98 Å². The fraction of sp³-hybridized carbons (Fsp3) is 0.222. The Hall–Kier alpha value is -1.56. The first kappa shape index (κ1) is 9.97. The summed E-state index contributed by atoms with van der Waals surface area (Å²) in [5.41, 5.74) is 1.79. The minimum atomic E-state index is -0.518. The third kappa shape index (κ3) is 1.68. The standard InChI is InChI=1S/C9H9FN4S/c1-5-3-6(14(2)13-5)8-7(10)9(15)12-4-11-8/h3-4H,1-2H3,(H,11,12,15). The lowest BCUT2D eigenvalue weighted by Gasteiger charge is -2.02. The van der Waals surface area contributed by atoms with Gasteiger partial charge in [-0.15, -0.1) is 0 Å². The smallest absolute Gasteiger partial charge is 0.185 e. The lowest BCUT2D eigenvalue weighted by atomic mass is 10.2. The predicted octanol–water partition coefficient (Wildman–Crippen LogP) is 1.99. The SMILES string of the molecule is Cc1cc(-c2[nH]cnc(=S)c2F)n(C)n1. The lowest BCUT2D eigenvalue weighted by molar-refractivity contribution is 0.609. The van der Waals surface area contributed by atoms with E-state index >= 15 is 0 Å². The summed E-state index contributed by atoms with van der Waals surface area (Å²) in [4.78, 5) is 6.39. The van der Waals surface area contributed by atoms with E-state index in [2.05, 4.69) is 15.1 Å². The molecule has 0 fully saturated rings. The number of hydrogen-bond acceptors (Lipinski definition) is 3. The largest absolute Gasteiger partial charge is 0.342 e. The summed E-state index contributed by atoms with van der Waals surface area (Å²) < 4.78 is 15.2. The molecule has 0 amide bonds. The zero-order chi connectivity index (χ0) is 11.0. The summed E-state index contributed by atoms with van der Waals surface area (Å²) >= 11 is 4.76. The van der Waals surface area contributed by atoms with E-state index in [1.165, 1.54) is 6.33 Å². The molecule has 0 aliphatic carbocycles. The van der Waals surface area contributed by atoms with E-state index in [1.807, 2.05) is 6.92 Å². The van der Waals surface area contributed by atoms with Gasteiger partial charge in [0.2, 0.25) is 0 Å². The molecule has 2 aromatic rings. The molecule has 2 rings (SSSR count). The normalized spacial score (nSPS) is 10.6. The van der Waals surface area contributed by atoms with E-state index in [9.17, 15) is 4.39 Å². The van der Waals surface area contributed by atoms with Crippen molar-refractivity contribution in [2.75, 3.05) is 0 Å². The van der Waals surface area contributed by atoms with Crippen LogP contribution in [0.1, 0.15) is 5.69 Å². The number of nitrogens with zero attached hydrogens (tertiary/aromatic N) is 3. The van der Waals surface area contributed by atoms with Crippen molar-refractivity contribution < 1.29 is 4.39 Å². The number of hydrogen-bond donors (Lipinski definition) is 1. The second kappa shape index (κ2) is 3.54. The Morgan fingerprint density at radius 1 is 1.53 bits per heavy atom. The monoisotopic (exact) mass is 224 g/mol. The average molecular weight is 224 g/mol. The molecule has 0 atom stereocenters. The number of halogens is 1. The summed E-state index contributed by atoms with van der Waals surface area (Å²) in [7, 11) is 1.75. The van der Waals surface area contributed by atoms with Crippen molar-refractivity contribution in [3.8, 4) is 11.4 Å². The summed E-state index contributed by atoms with van der Waals surface area (Å²) in [5, 5.41) is 4.13. The van der Waals surface area contributed by atoms with Gasteiger partial charge in [-0.05, 0) is 13.0 Å². The predicted molar refractivity (Wildman–Crippen MR) is 56.3 cm³/mol. The molecule has 2 aromatic heterocycles. The highest BCUT2D eigenvalue weighted by Crippen LogP contribution is 2.20. The van der Waals surface area contributed by atoms with Gasteiger partial charge in [0, 0.05) is 7.05 Å². The minimum Gasteiger partial charge on any atom is -0.342 e. The number of aryl methyl sites for hydroxylation is 2. The molecule has 78 valence electrons. The van der Waals surface area contributed by atoms with Crippen molar-refractivity contribution in [1.29, 1.82) is 0 Å². The number of aromatic amines is 1. The van der Waals surface area contributed by atoms with E-state index in [-0.39, 0.29) is 4.64 Å². The first-order chi connectivity index (χ1) is 7.09. The van der Waals surface area contributed by atoms with Crippen LogP contribution in [0.25, 0.3) is 11.4 Å². The highest BCUT2D eigenvalue weighted by atomic mass is 32.1. The van der Waals surface area contributed by atoms with E-state index in [1.54, 1.807) is 17.8 Å². The third-order valence-corrected chi connectivity index (χ3v) is 2.34. The molecule has 0 radical (unpaired) electrons. The lowest BCUT2D eigenvalue weighted by Crippen LogP contribution is -1.99. The van der Waals surface area contributed by atoms with E-state index in [0.29, 0.717) is 11.4 Å². The minimum absolute atomic E-state index is 0.0393. The molecular weight excluding hydrogens is 215 g/mol. The Balaban J connectivity index is 2.69. The van der Waals surface area contributed by atoms with E-state index < -0.39 is 5.82 Å². The van der Waals surface area contributed by atoms with Gasteiger partial charge in [-0.3, -0.25) is 4.68 Å². The molecule has 4 nitrogen and oxygen atoms in total. The number of nitrogens with one attached hydrogen (secondary N) is 1. The number of rotatable bonds is 1. The molecule has 1 N–H and O–H groups in total. The molecule has 0 bridgehead atoms. The van der Waals surface area contributed by atoms with Crippen LogP contribution in [0.4, 0.5) is 4.39 Å². The molecule has 0 aromatic carbocycles. The van der Waals surface area contributed by atoms with Crippen LogP contribution in [0.3, 0.4) is 0 Å². The van der Waals surface area contributed by atoms with Gasteiger partial charge in [-0.1, -0.05) is 12.2 Å². The highest BCUT2D eigenvalue weighted by molar-refractivity contribution is 7.71. The molecule has 6 heteroatoms. The third-order valence-electron chi connectivity index (χ3n) is 2.06. The van der Waals surface area contributed by atoms with Crippen molar-refractivity contribution >= 4 is 12.2 Å². The summed E-state index contributed by atoms with van der Waals surface area (Å²) in [6.07, 6.45) is 1.38. The van der Waals surface area contributed by atoms with Gasteiger partial charge in [-0.2, -0.15) is 5.10 Å². The molecule has 0 saturated carbocycles. The van der Waals surface area contributed by atoms with Crippen LogP contribution in [0.5, 0.6) is 0 Å². The van der Waals surface area contributed by atoms with Crippen molar-refractivity contribution in [2.45, 2.75) is 6.92 Å². The van der Waals surface area contributed by atoms with Crippen molar-refractivity contribution in [1.82, 2.24) is 19.7 Å². The molecular formula is C9H9FN4S. The van der Waals surface area contributed by atoms with Crippen LogP contribution in [0.2, 0.25) is 0 Å². The number of aromatic nitrogens is 4. The van der Waals surface area contributed by atoms with Crippen molar-refractivity contribution in [3.05, 3.63) is 28.5 Å². The van der Waals surface area contributed by atoms with Gasteiger partial charge in [-0.25, -0.2) is 9.37 Å². The second-order valence-electron chi connectivity index (χ2n) is 3.19. The van der Waals surface area contributed by atoms with Crippen molar-refractivity contribution in [2.24, 2.45) is 7.05 Å². The Labute approximate surface area is 90.8 Å². The van der Waals surface area contributed by atoms with Crippen LogP contribution in [-0.4, -0.2) is 19.7 Å². The Morgan fingerprint density at radius 2 is 2.27 bits per heavy atom. The molecule has 0 aliphatic heterocycles. The van der Waals surface area contributed by atoms with Crippen LogP contribution < -0.4 is 0 Å².